The molecular weight excluding hydrogens is 242 g/mol. The minimum atomic E-state index is -0.572. The van der Waals surface area contributed by atoms with Crippen LogP contribution in [-0.4, -0.2) is 29.4 Å². The van der Waals surface area contributed by atoms with E-state index in [4.69, 9.17) is 16.3 Å². The normalized spacial score (nSPS) is 13.0. The molecule has 0 saturated heterocycles. The highest BCUT2D eigenvalue weighted by molar-refractivity contribution is 6.28. The summed E-state index contributed by atoms with van der Waals surface area (Å²) in [4.78, 5) is 23.0. The molecule has 1 amide bonds. The van der Waals surface area contributed by atoms with E-state index in [0.717, 1.165) is 12.8 Å². The predicted molar refractivity (Wildman–Crippen MR) is 68.4 cm³/mol. The lowest BCUT2D eigenvalue weighted by atomic mass is 10.1. The molecule has 0 bridgehead atoms. The molecule has 5 heteroatoms. The van der Waals surface area contributed by atoms with E-state index in [9.17, 15) is 9.59 Å². The Morgan fingerprint density at radius 1 is 1.35 bits per heavy atom. The topological polar surface area (TPSA) is 55.4 Å². The molecular formula is C12H22ClNO3. The summed E-state index contributed by atoms with van der Waals surface area (Å²) in [5.41, 5.74) is -0.566. The number of ketones is 1. The van der Waals surface area contributed by atoms with Gasteiger partial charge in [0.25, 0.3) is 0 Å². The molecule has 0 aromatic carbocycles. The number of Topliss-reactive ketones (excluding diaryl/α,β-unsaturated/α-hetero) is 1. The van der Waals surface area contributed by atoms with Crippen LogP contribution in [0.4, 0.5) is 4.79 Å². The van der Waals surface area contributed by atoms with Gasteiger partial charge in [-0.05, 0) is 27.2 Å². The number of hydrogen-bond donors (Lipinski definition) is 1. The maximum atomic E-state index is 11.5. The molecule has 0 aliphatic carbocycles. The zero-order valence-electron chi connectivity index (χ0n) is 11.0. The molecule has 0 radical (unpaired) electrons. The highest BCUT2D eigenvalue weighted by Gasteiger charge is 2.23. The van der Waals surface area contributed by atoms with E-state index in [0.29, 0.717) is 6.42 Å². The number of rotatable bonds is 6. The summed E-state index contributed by atoms with van der Waals surface area (Å²) >= 11 is 5.50. The lowest BCUT2D eigenvalue weighted by Gasteiger charge is -2.22. The lowest BCUT2D eigenvalue weighted by Crippen LogP contribution is -2.44. The van der Waals surface area contributed by atoms with Crippen molar-refractivity contribution in [1.82, 2.24) is 5.32 Å². The van der Waals surface area contributed by atoms with Gasteiger partial charge >= 0.3 is 6.09 Å². The van der Waals surface area contributed by atoms with Crippen molar-refractivity contribution in [3.05, 3.63) is 0 Å². The summed E-state index contributed by atoms with van der Waals surface area (Å²) in [5.74, 6) is -0.268. The van der Waals surface area contributed by atoms with Gasteiger partial charge in [0, 0.05) is 0 Å². The summed E-state index contributed by atoms with van der Waals surface area (Å²) in [6.45, 7) is 7.35. The minimum Gasteiger partial charge on any atom is -0.444 e. The second-order valence-electron chi connectivity index (χ2n) is 4.94. The molecule has 0 saturated carbocycles. The van der Waals surface area contributed by atoms with E-state index in [2.05, 4.69) is 5.32 Å². The van der Waals surface area contributed by atoms with Gasteiger partial charge in [0.05, 0.1) is 11.9 Å². The zero-order valence-corrected chi connectivity index (χ0v) is 11.8. The van der Waals surface area contributed by atoms with Crippen LogP contribution in [0, 0.1) is 0 Å². The first kappa shape index (κ1) is 16.2. The Morgan fingerprint density at radius 3 is 2.35 bits per heavy atom. The number of alkyl carbamates (subject to hydrolysis) is 1. The molecule has 0 unspecified atom stereocenters. The van der Waals surface area contributed by atoms with Crippen molar-refractivity contribution in [2.75, 3.05) is 5.88 Å². The first-order valence-electron chi connectivity index (χ1n) is 5.88. The van der Waals surface area contributed by atoms with Crippen molar-refractivity contribution in [2.45, 2.75) is 58.6 Å². The Balaban J connectivity index is 4.32. The fourth-order valence-corrected chi connectivity index (χ4v) is 1.45. The highest BCUT2D eigenvalue weighted by Crippen LogP contribution is 2.09. The number of halogens is 1. The van der Waals surface area contributed by atoms with Crippen LogP contribution >= 0.6 is 11.6 Å². The Labute approximate surface area is 108 Å². The van der Waals surface area contributed by atoms with Gasteiger partial charge in [-0.3, -0.25) is 4.79 Å². The number of carbonyl (C=O) groups excluding carboxylic acids is 2. The predicted octanol–water partition coefficient (Wildman–Crippen LogP) is 2.88. The smallest absolute Gasteiger partial charge is 0.408 e. The van der Waals surface area contributed by atoms with Crippen molar-refractivity contribution in [3.63, 3.8) is 0 Å². The van der Waals surface area contributed by atoms with Crippen LogP contribution < -0.4 is 5.32 Å². The maximum absolute atomic E-state index is 11.5. The molecule has 0 fully saturated rings. The first-order chi connectivity index (χ1) is 7.80. The van der Waals surface area contributed by atoms with Gasteiger partial charge in [-0.2, -0.15) is 0 Å². The second kappa shape index (κ2) is 7.54. The van der Waals surface area contributed by atoms with E-state index >= 15 is 0 Å². The summed E-state index contributed by atoms with van der Waals surface area (Å²) in [6, 6.07) is -0.540. The van der Waals surface area contributed by atoms with Crippen LogP contribution in [0.15, 0.2) is 0 Å². The standard InChI is InChI=1S/C12H22ClNO3/c1-5-6-7-9(10(15)8-13)14-11(16)17-12(2,3)4/h9H,5-8H2,1-4H3,(H,14,16)/t9-/m0/s1. The van der Waals surface area contributed by atoms with E-state index in [1.54, 1.807) is 20.8 Å². The molecule has 0 rings (SSSR count). The number of amides is 1. The minimum absolute atomic E-state index is 0.0931. The van der Waals surface area contributed by atoms with Crippen molar-refractivity contribution in [1.29, 1.82) is 0 Å². The molecule has 0 aliphatic rings. The fraction of sp³-hybridized carbons (Fsp3) is 0.833. The molecule has 4 nitrogen and oxygen atoms in total. The quantitative estimate of drug-likeness (QED) is 0.750. The molecule has 0 aromatic heterocycles. The summed E-state index contributed by atoms with van der Waals surface area (Å²) in [6.07, 6.45) is 1.85. The van der Waals surface area contributed by atoms with E-state index in [1.165, 1.54) is 0 Å². The third-order valence-corrected chi connectivity index (χ3v) is 2.32. The molecule has 0 aromatic rings. The third-order valence-electron chi connectivity index (χ3n) is 2.06. The summed E-state index contributed by atoms with van der Waals surface area (Å²) < 4.78 is 5.10. The number of carbonyl (C=O) groups is 2. The van der Waals surface area contributed by atoms with E-state index < -0.39 is 17.7 Å². The van der Waals surface area contributed by atoms with Crippen molar-refractivity contribution in [3.8, 4) is 0 Å². The van der Waals surface area contributed by atoms with Gasteiger partial charge in [-0.25, -0.2) is 4.79 Å². The van der Waals surface area contributed by atoms with Gasteiger partial charge < -0.3 is 10.1 Å². The molecule has 1 atom stereocenters. The van der Waals surface area contributed by atoms with Gasteiger partial charge in [-0.15, -0.1) is 11.6 Å². The Kier molecular flexibility index (Phi) is 7.19. The second-order valence-corrected chi connectivity index (χ2v) is 5.21. The number of alkyl halides is 1. The van der Waals surface area contributed by atoms with Crippen LogP contribution in [0.1, 0.15) is 47.0 Å². The Morgan fingerprint density at radius 2 is 1.94 bits per heavy atom. The molecule has 0 heterocycles. The van der Waals surface area contributed by atoms with Crippen molar-refractivity contribution < 1.29 is 14.3 Å². The Bertz CT molecular complexity index is 261. The summed E-state index contributed by atoms with van der Waals surface area (Å²) in [5, 5.41) is 2.56. The summed E-state index contributed by atoms with van der Waals surface area (Å²) in [7, 11) is 0. The third kappa shape index (κ3) is 8.02. The van der Waals surface area contributed by atoms with Gasteiger partial charge in [0.2, 0.25) is 0 Å². The Hall–Kier alpha value is -0.770. The zero-order chi connectivity index (χ0) is 13.5. The molecule has 100 valence electrons. The molecule has 0 aliphatic heterocycles. The van der Waals surface area contributed by atoms with Crippen molar-refractivity contribution in [2.24, 2.45) is 0 Å². The van der Waals surface area contributed by atoms with Gasteiger partial charge in [0.15, 0.2) is 5.78 Å². The van der Waals surface area contributed by atoms with Crippen LogP contribution in [0.5, 0.6) is 0 Å². The number of nitrogens with one attached hydrogen (secondary N) is 1. The van der Waals surface area contributed by atoms with Crippen molar-refractivity contribution >= 4 is 23.5 Å². The average Bonchev–Trinajstić information content (AvgIpc) is 2.20. The maximum Gasteiger partial charge on any atom is 0.408 e. The van der Waals surface area contributed by atoms with Gasteiger partial charge in [0.1, 0.15) is 5.60 Å². The lowest BCUT2D eigenvalue weighted by molar-refractivity contribution is -0.118. The molecule has 1 N–H and O–H groups in total. The highest BCUT2D eigenvalue weighted by atomic mass is 35.5. The molecule has 17 heavy (non-hydrogen) atoms. The number of unbranched alkanes of at least 4 members (excludes halogenated alkanes) is 1. The number of hydrogen-bond acceptors (Lipinski definition) is 3. The van der Waals surface area contributed by atoms with E-state index in [1.807, 2.05) is 6.92 Å². The SMILES string of the molecule is CCCC[C@H](NC(=O)OC(C)(C)C)C(=O)CCl. The fourth-order valence-electron chi connectivity index (χ4n) is 1.26. The van der Waals surface area contributed by atoms with Crippen LogP contribution in [0.2, 0.25) is 0 Å². The largest absolute Gasteiger partial charge is 0.444 e. The number of ether oxygens (including phenoxy) is 1. The van der Waals surface area contributed by atoms with Gasteiger partial charge in [-0.1, -0.05) is 19.8 Å². The molecule has 0 spiro atoms. The first-order valence-corrected chi connectivity index (χ1v) is 6.41. The van der Waals surface area contributed by atoms with Crippen LogP contribution in [0.25, 0.3) is 0 Å². The average molecular weight is 264 g/mol. The monoisotopic (exact) mass is 263 g/mol. The van der Waals surface area contributed by atoms with Crippen LogP contribution in [-0.2, 0) is 9.53 Å². The van der Waals surface area contributed by atoms with Crippen LogP contribution in [0.3, 0.4) is 0 Å². The van der Waals surface area contributed by atoms with E-state index in [-0.39, 0.29) is 11.7 Å².